The summed E-state index contributed by atoms with van der Waals surface area (Å²) in [6.07, 6.45) is 42.6. The zero-order valence-electron chi connectivity index (χ0n) is 38.1. The van der Waals surface area contributed by atoms with Crippen LogP contribution in [-0.4, -0.2) is 74.9 Å². The number of hydrogen-bond donors (Lipinski definition) is 1. The highest BCUT2D eigenvalue weighted by atomic mass is 31.2. The first kappa shape index (κ1) is 55.8. The van der Waals surface area contributed by atoms with E-state index in [0.717, 1.165) is 51.4 Å². The minimum absolute atomic E-state index is 0.0333. The number of unbranched alkanes of at least 4 members (excludes halogenated alkanes) is 28. The molecule has 0 aliphatic rings. The lowest BCUT2D eigenvalue weighted by molar-refractivity contribution is -0.870. The largest absolute Gasteiger partial charge is 0.472 e. The van der Waals surface area contributed by atoms with E-state index in [1.165, 1.54) is 141 Å². The van der Waals surface area contributed by atoms with Gasteiger partial charge >= 0.3 is 19.8 Å². The summed E-state index contributed by atoms with van der Waals surface area (Å²) in [5.74, 6) is -0.797. The van der Waals surface area contributed by atoms with Crippen LogP contribution in [0.2, 0.25) is 0 Å². The van der Waals surface area contributed by atoms with Crippen molar-refractivity contribution in [2.24, 2.45) is 0 Å². The highest BCUT2D eigenvalue weighted by Crippen LogP contribution is 2.43. The molecule has 0 fully saturated rings. The van der Waals surface area contributed by atoms with Crippen LogP contribution in [0, 0.1) is 0 Å². The van der Waals surface area contributed by atoms with Gasteiger partial charge in [0.05, 0.1) is 27.7 Å². The molecule has 9 nitrogen and oxygen atoms in total. The summed E-state index contributed by atoms with van der Waals surface area (Å²) < 4.78 is 34.4. The first-order valence-corrected chi connectivity index (χ1v) is 25.4. The van der Waals surface area contributed by atoms with E-state index in [0.29, 0.717) is 23.9 Å². The molecule has 2 unspecified atom stereocenters. The summed E-state index contributed by atoms with van der Waals surface area (Å²) in [6, 6.07) is 0. The molecule has 0 amide bonds. The molecule has 10 heteroatoms. The number of hydrogen-bond acceptors (Lipinski definition) is 7. The van der Waals surface area contributed by atoms with Gasteiger partial charge in [0.15, 0.2) is 6.10 Å². The Bertz CT molecular complexity index is 985. The Morgan fingerprint density at radius 1 is 0.526 bits per heavy atom. The number of ether oxygens (including phenoxy) is 2. The van der Waals surface area contributed by atoms with Gasteiger partial charge in [0, 0.05) is 12.8 Å². The Kier molecular flexibility index (Phi) is 39.3. The van der Waals surface area contributed by atoms with Gasteiger partial charge in [-0.05, 0) is 38.5 Å². The average Bonchev–Trinajstić information content (AvgIpc) is 3.16. The second-order valence-electron chi connectivity index (χ2n) is 17.5. The normalized spacial score (nSPS) is 13.6. The molecule has 1 N–H and O–H groups in total. The number of quaternary nitrogens is 1. The van der Waals surface area contributed by atoms with E-state index < -0.39 is 26.5 Å². The SMILES string of the molecule is CCCCCC/C=C\CCCCCCCC(=O)OC(COC(=O)CCCCCCCCCCCCCCCCCCCCCC)COP(=O)(O)OCC[N+](C)(C)C. The van der Waals surface area contributed by atoms with Crippen LogP contribution in [-0.2, 0) is 32.7 Å². The van der Waals surface area contributed by atoms with Crippen molar-refractivity contribution in [2.75, 3.05) is 47.5 Å². The molecule has 0 aliphatic carbocycles. The number of phosphoric acid groups is 1. The summed E-state index contributed by atoms with van der Waals surface area (Å²) in [5, 5.41) is 0. The summed E-state index contributed by atoms with van der Waals surface area (Å²) in [5.41, 5.74) is 0. The monoisotopic (exact) mass is 831 g/mol. The third kappa shape index (κ3) is 44.1. The Labute approximate surface area is 352 Å². The van der Waals surface area contributed by atoms with Gasteiger partial charge in [0.1, 0.15) is 19.8 Å². The smallest absolute Gasteiger partial charge is 0.462 e. The van der Waals surface area contributed by atoms with Crippen LogP contribution in [0.25, 0.3) is 0 Å². The van der Waals surface area contributed by atoms with Gasteiger partial charge < -0.3 is 18.9 Å². The number of allylic oxidation sites excluding steroid dienone is 2. The predicted octanol–water partition coefficient (Wildman–Crippen LogP) is 13.8. The van der Waals surface area contributed by atoms with Crippen LogP contribution in [0.1, 0.15) is 226 Å². The number of esters is 2. The van der Waals surface area contributed by atoms with E-state index in [-0.39, 0.29) is 25.6 Å². The molecule has 0 spiro atoms. The maximum absolute atomic E-state index is 12.7. The molecular weight excluding hydrogens is 737 g/mol. The molecule has 0 aromatic rings. The number of carbonyl (C=O) groups excluding carboxylic acids is 2. The fourth-order valence-corrected chi connectivity index (χ4v) is 7.52. The van der Waals surface area contributed by atoms with Gasteiger partial charge in [-0.2, -0.15) is 0 Å². The van der Waals surface area contributed by atoms with E-state index in [9.17, 15) is 19.0 Å². The van der Waals surface area contributed by atoms with Crippen molar-refractivity contribution in [3.63, 3.8) is 0 Å². The van der Waals surface area contributed by atoms with Gasteiger partial charge in [-0.25, -0.2) is 4.57 Å². The average molecular weight is 831 g/mol. The summed E-state index contributed by atoms with van der Waals surface area (Å²) in [6.45, 7) is 4.43. The fourth-order valence-electron chi connectivity index (χ4n) is 6.77. The minimum atomic E-state index is -4.37. The lowest BCUT2D eigenvalue weighted by Gasteiger charge is -2.24. The molecule has 0 saturated carbocycles. The lowest BCUT2D eigenvalue weighted by Crippen LogP contribution is -2.37. The molecule has 57 heavy (non-hydrogen) atoms. The molecule has 0 aromatic heterocycles. The zero-order valence-corrected chi connectivity index (χ0v) is 39.0. The Hall–Kier alpha value is -1.25. The molecule has 0 aliphatic heterocycles. The molecular formula is C47H93NO8P+. The van der Waals surface area contributed by atoms with Crippen LogP contribution in [0.4, 0.5) is 0 Å². The number of rotatable bonds is 44. The molecule has 0 heterocycles. The standard InChI is InChI=1S/C47H92NO8P/c1-6-8-10-12-14-16-18-20-21-22-23-24-25-26-28-29-31-33-35-37-39-46(49)53-43-45(44-55-57(51,52)54-42-41-48(3,4)5)56-47(50)40-38-36-34-32-30-27-19-17-15-13-11-9-7-2/h17,19,45H,6-16,18,20-44H2,1-5H3/p+1/b19-17-. The van der Waals surface area contributed by atoms with Crippen LogP contribution in [0.3, 0.4) is 0 Å². The molecule has 338 valence electrons. The Morgan fingerprint density at radius 3 is 1.32 bits per heavy atom. The van der Waals surface area contributed by atoms with Crippen molar-refractivity contribution in [1.82, 2.24) is 0 Å². The summed E-state index contributed by atoms with van der Waals surface area (Å²) in [4.78, 5) is 35.4. The maximum atomic E-state index is 12.7. The van der Waals surface area contributed by atoms with Crippen LogP contribution < -0.4 is 0 Å². The van der Waals surface area contributed by atoms with Gasteiger partial charge in [-0.15, -0.1) is 0 Å². The van der Waals surface area contributed by atoms with Crippen molar-refractivity contribution in [1.29, 1.82) is 0 Å². The van der Waals surface area contributed by atoms with Crippen molar-refractivity contribution in [3.8, 4) is 0 Å². The van der Waals surface area contributed by atoms with Crippen LogP contribution >= 0.6 is 7.82 Å². The van der Waals surface area contributed by atoms with E-state index in [2.05, 4.69) is 26.0 Å². The van der Waals surface area contributed by atoms with Gasteiger partial charge in [-0.1, -0.05) is 187 Å². The molecule has 0 aromatic carbocycles. The summed E-state index contributed by atoms with van der Waals surface area (Å²) >= 11 is 0. The van der Waals surface area contributed by atoms with Gasteiger partial charge in [-0.3, -0.25) is 18.6 Å². The van der Waals surface area contributed by atoms with E-state index in [1.807, 2.05) is 21.1 Å². The number of nitrogens with zero attached hydrogens (tertiary/aromatic N) is 1. The van der Waals surface area contributed by atoms with E-state index in [1.54, 1.807) is 0 Å². The van der Waals surface area contributed by atoms with E-state index >= 15 is 0 Å². The molecule has 0 saturated heterocycles. The highest BCUT2D eigenvalue weighted by Gasteiger charge is 2.27. The first-order valence-electron chi connectivity index (χ1n) is 23.9. The fraction of sp³-hybridized carbons (Fsp3) is 0.915. The highest BCUT2D eigenvalue weighted by molar-refractivity contribution is 7.47. The first-order chi connectivity index (χ1) is 27.5. The lowest BCUT2D eigenvalue weighted by atomic mass is 10.0. The van der Waals surface area contributed by atoms with Crippen LogP contribution in [0.15, 0.2) is 12.2 Å². The summed E-state index contributed by atoms with van der Waals surface area (Å²) in [7, 11) is 1.48. The molecule has 2 atom stereocenters. The Morgan fingerprint density at radius 2 is 0.895 bits per heavy atom. The molecule has 0 radical (unpaired) electrons. The number of phosphoric ester groups is 1. The topological polar surface area (TPSA) is 108 Å². The van der Waals surface area contributed by atoms with Crippen molar-refractivity contribution < 1.29 is 42.1 Å². The van der Waals surface area contributed by atoms with Gasteiger partial charge in [0.2, 0.25) is 0 Å². The van der Waals surface area contributed by atoms with Crippen molar-refractivity contribution >= 4 is 19.8 Å². The Balaban J connectivity index is 4.22. The predicted molar refractivity (Wildman–Crippen MR) is 238 cm³/mol. The van der Waals surface area contributed by atoms with Gasteiger partial charge in [0.25, 0.3) is 0 Å². The maximum Gasteiger partial charge on any atom is 0.472 e. The third-order valence-corrected chi connectivity index (χ3v) is 11.5. The quantitative estimate of drug-likeness (QED) is 0.0213. The minimum Gasteiger partial charge on any atom is -0.462 e. The van der Waals surface area contributed by atoms with Crippen LogP contribution in [0.5, 0.6) is 0 Å². The second-order valence-corrected chi connectivity index (χ2v) is 19.0. The number of carbonyl (C=O) groups is 2. The molecule has 0 rings (SSSR count). The zero-order chi connectivity index (χ0) is 42.1. The second kappa shape index (κ2) is 40.2. The molecule has 0 bridgehead atoms. The number of likely N-dealkylation sites (N-methyl/N-ethyl adjacent to an activating group) is 1. The van der Waals surface area contributed by atoms with E-state index in [4.69, 9.17) is 18.5 Å². The van der Waals surface area contributed by atoms with Crippen molar-refractivity contribution in [3.05, 3.63) is 12.2 Å². The van der Waals surface area contributed by atoms with Crippen molar-refractivity contribution in [2.45, 2.75) is 232 Å². The third-order valence-electron chi connectivity index (χ3n) is 10.5.